The van der Waals surface area contributed by atoms with E-state index in [0.717, 1.165) is 25.3 Å². The van der Waals surface area contributed by atoms with Crippen LogP contribution in [0.4, 0.5) is 0 Å². The van der Waals surface area contributed by atoms with Crippen molar-refractivity contribution in [1.29, 1.82) is 0 Å². The van der Waals surface area contributed by atoms with Crippen LogP contribution < -0.4 is 11.1 Å². The lowest BCUT2D eigenvalue weighted by atomic mass is 10.1. The molecule has 0 bridgehead atoms. The summed E-state index contributed by atoms with van der Waals surface area (Å²) < 4.78 is 4.93. The van der Waals surface area contributed by atoms with Gasteiger partial charge in [-0.05, 0) is 5.56 Å². The number of ether oxygens (including phenoxy) is 1. The molecule has 0 radical (unpaired) electrons. The molecule has 1 rings (SSSR count). The number of benzene rings is 1. The van der Waals surface area contributed by atoms with Gasteiger partial charge >= 0.3 is 0 Å². The van der Waals surface area contributed by atoms with Crippen LogP contribution in [0.3, 0.4) is 0 Å². The Morgan fingerprint density at radius 2 is 2.07 bits per heavy atom. The molecule has 0 spiro atoms. The maximum atomic E-state index is 5.97. The van der Waals surface area contributed by atoms with Crippen LogP contribution in [-0.4, -0.2) is 26.8 Å². The lowest BCUT2D eigenvalue weighted by Crippen LogP contribution is -2.29. The second kappa shape index (κ2) is 6.54. The third-order valence-corrected chi connectivity index (χ3v) is 2.07. The van der Waals surface area contributed by atoms with Crippen molar-refractivity contribution in [2.75, 3.05) is 26.8 Å². The largest absolute Gasteiger partial charge is 0.383 e. The fourth-order valence-electron chi connectivity index (χ4n) is 1.25. The van der Waals surface area contributed by atoms with Gasteiger partial charge in [-0.15, -0.1) is 0 Å². The van der Waals surface area contributed by atoms with Crippen molar-refractivity contribution in [3.63, 3.8) is 0 Å². The molecule has 0 aliphatic heterocycles. The van der Waals surface area contributed by atoms with E-state index in [1.807, 2.05) is 30.3 Å². The molecule has 0 aliphatic carbocycles. The van der Waals surface area contributed by atoms with Gasteiger partial charge in [0.15, 0.2) is 0 Å². The minimum absolute atomic E-state index is 0.0630. The molecule has 1 aromatic carbocycles. The first-order valence-electron chi connectivity index (χ1n) is 4.84. The predicted octanol–water partition coefficient (Wildman–Crippen LogP) is 0.922. The van der Waals surface area contributed by atoms with Gasteiger partial charge in [0.2, 0.25) is 0 Å². The highest BCUT2D eigenvalue weighted by Gasteiger charge is 2.03. The van der Waals surface area contributed by atoms with E-state index in [2.05, 4.69) is 5.32 Å². The van der Waals surface area contributed by atoms with Crippen molar-refractivity contribution in [2.45, 2.75) is 6.04 Å². The summed E-state index contributed by atoms with van der Waals surface area (Å²) >= 11 is 0. The quantitative estimate of drug-likeness (QED) is 0.662. The number of methoxy groups -OCH3 is 1. The van der Waals surface area contributed by atoms with Crippen LogP contribution >= 0.6 is 0 Å². The highest BCUT2D eigenvalue weighted by Crippen LogP contribution is 2.07. The van der Waals surface area contributed by atoms with Gasteiger partial charge in [0.25, 0.3) is 0 Å². The SMILES string of the molecule is COCCNCC(N)c1ccccc1. The fourth-order valence-corrected chi connectivity index (χ4v) is 1.25. The summed E-state index contributed by atoms with van der Waals surface area (Å²) in [5, 5.41) is 3.23. The summed E-state index contributed by atoms with van der Waals surface area (Å²) in [5.41, 5.74) is 7.14. The van der Waals surface area contributed by atoms with Crippen LogP contribution in [0.15, 0.2) is 30.3 Å². The minimum Gasteiger partial charge on any atom is -0.383 e. The minimum atomic E-state index is 0.0630. The van der Waals surface area contributed by atoms with Crippen LogP contribution in [0.25, 0.3) is 0 Å². The molecule has 3 heteroatoms. The lowest BCUT2D eigenvalue weighted by molar-refractivity contribution is 0.199. The summed E-state index contributed by atoms with van der Waals surface area (Å²) in [6.45, 7) is 2.35. The van der Waals surface area contributed by atoms with E-state index < -0.39 is 0 Å². The van der Waals surface area contributed by atoms with E-state index in [1.54, 1.807) is 7.11 Å². The van der Waals surface area contributed by atoms with E-state index >= 15 is 0 Å². The number of nitrogens with two attached hydrogens (primary N) is 1. The summed E-state index contributed by atoms with van der Waals surface area (Å²) in [4.78, 5) is 0. The second-order valence-corrected chi connectivity index (χ2v) is 3.21. The first-order valence-corrected chi connectivity index (χ1v) is 4.84. The van der Waals surface area contributed by atoms with Gasteiger partial charge in [-0.2, -0.15) is 0 Å². The Labute approximate surface area is 85.3 Å². The lowest BCUT2D eigenvalue weighted by Gasteiger charge is -2.12. The Bertz CT molecular complexity index is 238. The predicted molar refractivity (Wildman–Crippen MR) is 58.1 cm³/mol. The molecule has 1 unspecified atom stereocenters. The summed E-state index contributed by atoms with van der Waals surface area (Å²) in [6, 6.07) is 10.2. The molecule has 1 aromatic rings. The molecule has 0 amide bonds. The summed E-state index contributed by atoms with van der Waals surface area (Å²) in [7, 11) is 1.69. The van der Waals surface area contributed by atoms with E-state index in [1.165, 1.54) is 0 Å². The highest BCUT2D eigenvalue weighted by atomic mass is 16.5. The van der Waals surface area contributed by atoms with Crippen molar-refractivity contribution in [1.82, 2.24) is 5.32 Å². The third kappa shape index (κ3) is 3.87. The first kappa shape index (κ1) is 11.2. The van der Waals surface area contributed by atoms with Crippen LogP contribution in [0, 0.1) is 0 Å². The van der Waals surface area contributed by atoms with Gasteiger partial charge in [-0.3, -0.25) is 0 Å². The second-order valence-electron chi connectivity index (χ2n) is 3.21. The van der Waals surface area contributed by atoms with Crippen molar-refractivity contribution < 1.29 is 4.74 Å². The Morgan fingerprint density at radius 3 is 2.71 bits per heavy atom. The number of hydrogen-bond donors (Lipinski definition) is 2. The van der Waals surface area contributed by atoms with Crippen molar-refractivity contribution in [3.05, 3.63) is 35.9 Å². The van der Waals surface area contributed by atoms with Gasteiger partial charge in [0.05, 0.1) is 6.61 Å². The molecular weight excluding hydrogens is 176 g/mol. The van der Waals surface area contributed by atoms with E-state index in [9.17, 15) is 0 Å². The van der Waals surface area contributed by atoms with E-state index in [0.29, 0.717) is 0 Å². The third-order valence-electron chi connectivity index (χ3n) is 2.07. The zero-order valence-corrected chi connectivity index (χ0v) is 8.57. The zero-order valence-electron chi connectivity index (χ0n) is 8.57. The van der Waals surface area contributed by atoms with E-state index in [4.69, 9.17) is 10.5 Å². The normalized spacial score (nSPS) is 12.7. The van der Waals surface area contributed by atoms with Crippen LogP contribution in [0.2, 0.25) is 0 Å². The fraction of sp³-hybridized carbons (Fsp3) is 0.455. The molecule has 0 aromatic heterocycles. The number of nitrogens with one attached hydrogen (secondary N) is 1. The van der Waals surface area contributed by atoms with Crippen LogP contribution in [0.1, 0.15) is 11.6 Å². The molecule has 0 saturated heterocycles. The Morgan fingerprint density at radius 1 is 1.36 bits per heavy atom. The molecule has 0 fully saturated rings. The average Bonchev–Trinajstić information content (AvgIpc) is 2.25. The molecule has 1 atom stereocenters. The molecule has 78 valence electrons. The molecule has 3 nitrogen and oxygen atoms in total. The Balaban J connectivity index is 2.25. The highest BCUT2D eigenvalue weighted by molar-refractivity contribution is 5.18. The summed E-state index contributed by atoms with van der Waals surface area (Å²) in [5.74, 6) is 0. The molecule has 0 heterocycles. The molecule has 14 heavy (non-hydrogen) atoms. The van der Waals surface area contributed by atoms with Gasteiger partial charge in [0.1, 0.15) is 0 Å². The molecule has 0 saturated carbocycles. The summed E-state index contributed by atoms with van der Waals surface area (Å²) in [6.07, 6.45) is 0. The average molecular weight is 194 g/mol. The Kier molecular flexibility index (Phi) is 5.22. The smallest absolute Gasteiger partial charge is 0.0587 e. The van der Waals surface area contributed by atoms with Crippen LogP contribution in [-0.2, 0) is 4.74 Å². The van der Waals surface area contributed by atoms with Gasteiger partial charge in [-0.25, -0.2) is 0 Å². The van der Waals surface area contributed by atoms with E-state index in [-0.39, 0.29) is 6.04 Å². The van der Waals surface area contributed by atoms with Crippen LogP contribution in [0.5, 0.6) is 0 Å². The zero-order chi connectivity index (χ0) is 10.2. The maximum absolute atomic E-state index is 5.97. The van der Waals surface area contributed by atoms with Gasteiger partial charge < -0.3 is 15.8 Å². The monoisotopic (exact) mass is 194 g/mol. The molecule has 3 N–H and O–H groups in total. The van der Waals surface area contributed by atoms with Crippen molar-refractivity contribution in [3.8, 4) is 0 Å². The topological polar surface area (TPSA) is 47.3 Å². The maximum Gasteiger partial charge on any atom is 0.0587 e. The van der Waals surface area contributed by atoms with Crippen molar-refractivity contribution >= 4 is 0 Å². The Hall–Kier alpha value is -0.900. The number of rotatable bonds is 6. The standard InChI is InChI=1S/C11H18N2O/c1-14-8-7-13-9-11(12)10-5-3-2-4-6-10/h2-6,11,13H,7-9,12H2,1H3. The molecular formula is C11H18N2O. The van der Waals surface area contributed by atoms with Gasteiger partial charge in [-0.1, -0.05) is 30.3 Å². The van der Waals surface area contributed by atoms with Gasteiger partial charge in [0, 0.05) is 26.2 Å². The number of hydrogen-bond acceptors (Lipinski definition) is 3. The van der Waals surface area contributed by atoms with Crippen molar-refractivity contribution in [2.24, 2.45) is 5.73 Å². The molecule has 0 aliphatic rings. The first-order chi connectivity index (χ1) is 6.84.